The third-order valence-electron chi connectivity index (χ3n) is 3.37. The molecule has 2 rings (SSSR count). The predicted octanol–water partition coefficient (Wildman–Crippen LogP) is 2.90. The third-order valence-corrected chi connectivity index (χ3v) is 3.37. The lowest BCUT2D eigenvalue weighted by molar-refractivity contribution is 0.385. The van der Waals surface area contributed by atoms with Gasteiger partial charge in [-0.15, -0.1) is 0 Å². The van der Waals surface area contributed by atoms with Gasteiger partial charge in [-0.3, -0.25) is 4.68 Å². The Hall–Kier alpha value is -1.88. The van der Waals surface area contributed by atoms with Crippen molar-refractivity contribution in [2.24, 2.45) is 0 Å². The van der Waals surface area contributed by atoms with Crippen LogP contribution in [0.3, 0.4) is 0 Å². The van der Waals surface area contributed by atoms with Crippen molar-refractivity contribution in [3.63, 3.8) is 0 Å². The average molecular weight is 277 g/mol. The van der Waals surface area contributed by atoms with E-state index in [1.807, 2.05) is 23.7 Å². The number of benzene rings is 1. The molecular formula is C15H20FN3O. The summed E-state index contributed by atoms with van der Waals surface area (Å²) in [6, 6.07) is 7.07. The first-order chi connectivity index (χ1) is 9.65. The Balaban J connectivity index is 2.01. The largest absolute Gasteiger partial charge is 0.494 e. The van der Waals surface area contributed by atoms with Crippen molar-refractivity contribution in [3.05, 3.63) is 47.5 Å². The van der Waals surface area contributed by atoms with Crippen LogP contribution in [-0.4, -0.2) is 16.9 Å². The fraction of sp³-hybridized carbons (Fsp3) is 0.400. The van der Waals surface area contributed by atoms with E-state index in [1.54, 1.807) is 12.3 Å². The minimum Gasteiger partial charge on any atom is -0.494 e. The van der Waals surface area contributed by atoms with Crippen LogP contribution in [0.1, 0.15) is 31.1 Å². The molecule has 1 aromatic heterocycles. The van der Waals surface area contributed by atoms with Gasteiger partial charge in [-0.2, -0.15) is 5.10 Å². The number of hydrogen-bond acceptors (Lipinski definition) is 3. The highest BCUT2D eigenvalue weighted by Gasteiger charge is 2.10. The van der Waals surface area contributed by atoms with Gasteiger partial charge in [0.1, 0.15) is 0 Å². The second-order valence-corrected chi connectivity index (χ2v) is 4.63. The Morgan fingerprint density at radius 3 is 2.85 bits per heavy atom. The van der Waals surface area contributed by atoms with Crippen LogP contribution in [0.25, 0.3) is 0 Å². The zero-order valence-corrected chi connectivity index (χ0v) is 12.1. The lowest BCUT2D eigenvalue weighted by atomic mass is 10.1. The minimum absolute atomic E-state index is 0.0515. The highest BCUT2D eigenvalue weighted by Crippen LogP contribution is 2.21. The van der Waals surface area contributed by atoms with Gasteiger partial charge in [0, 0.05) is 25.3 Å². The van der Waals surface area contributed by atoms with E-state index < -0.39 is 0 Å². The number of halogens is 1. The normalized spacial score (nSPS) is 12.4. The van der Waals surface area contributed by atoms with Crippen molar-refractivity contribution in [2.45, 2.75) is 33.0 Å². The average Bonchev–Trinajstić information content (AvgIpc) is 2.92. The van der Waals surface area contributed by atoms with E-state index in [-0.39, 0.29) is 17.6 Å². The Morgan fingerprint density at radius 2 is 2.20 bits per heavy atom. The summed E-state index contributed by atoms with van der Waals surface area (Å²) in [4.78, 5) is 0. The molecule has 1 N–H and O–H groups in total. The molecule has 0 aliphatic heterocycles. The first-order valence-corrected chi connectivity index (χ1v) is 6.73. The van der Waals surface area contributed by atoms with Gasteiger partial charge < -0.3 is 10.1 Å². The number of nitrogens with one attached hydrogen (secondary N) is 1. The quantitative estimate of drug-likeness (QED) is 0.882. The third kappa shape index (κ3) is 3.17. The van der Waals surface area contributed by atoms with Crippen LogP contribution in [0.15, 0.2) is 30.5 Å². The van der Waals surface area contributed by atoms with Crippen LogP contribution >= 0.6 is 0 Å². The fourth-order valence-electron chi connectivity index (χ4n) is 2.12. The SMILES string of the molecule is CCn1nccc1CNC(C)c1ccc(OC)c(F)c1. The standard InChI is InChI=1S/C15H20FN3O/c1-4-19-13(7-8-18-19)10-17-11(2)12-5-6-15(20-3)14(16)9-12/h5-9,11,17H,4,10H2,1-3H3. The summed E-state index contributed by atoms with van der Waals surface area (Å²) in [6.45, 7) is 5.60. The zero-order valence-electron chi connectivity index (χ0n) is 12.1. The Labute approximate surface area is 118 Å². The molecule has 0 aliphatic rings. The molecular weight excluding hydrogens is 257 g/mol. The van der Waals surface area contributed by atoms with Gasteiger partial charge in [-0.1, -0.05) is 6.07 Å². The summed E-state index contributed by atoms with van der Waals surface area (Å²) in [5.74, 6) is -0.0674. The molecule has 0 fully saturated rings. The molecule has 108 valence electrons. The molecule has 0 aliphatic carbocycles. The monoisotopic (exact) mass is 277 g/mol. The van der Waals surface area contributed by atoms with Crippen LogP contribution in [0, 0.1) is 5.82 Å². The minimum atomic E-state index is -0.336. The van der Waals surface area contributed by atoms with Crippen molar-refractivity contribution in [1.82, 2.24) is 15.1 Å². The van der Waals surface area contributed by atoms with Crippen LogP contribution in [-0.2, 0) is 13.1 Å². The summed E-state index contributed by atoms with van der Waals surface area (Å²) < 4.78 is 20.5. The maximum Gasteiger partial charge on any atom is 0.165 e. The number of nitrogens with zero attached hydrogens (tertiary/aromatic N) is 2. The lowest BCUT2D eigenvalue weighted by Crippen LogP contribution is -2.20. The van der Waals surface area contributed by atoms with E-state index >= 15 is 0 Å². The van der Waals surface area contributed by atoms with E-state index in [9.17, 15) is 4.39 Å². The highest BCUT2D eigenvalue weighted by molar-refractivity contribution is 5.30. The Bertz CT molecular complexity index is 568. The van der Waals surface area contributed by atoms with Gasteiger partial charge in [0.05, 0.1) is 12.8 Å². The van der Waals surface area contributed by atoms with Crippen molar-refractivity contribution in [3.8, 4) is 5.75 Å². The van der Waals surface area contributed by atoms with E-state index in [0.717, 1.165) is 17.8 Å². The fourth-order valence-corrected chi connectivity index (χ4v) is 2.12. The molecule has 1 aromatic carbocycles. The predicted molar refractivity (Wildman–Crippen MR) is 76.1 cm³/mol. The van der Waals surface area contributed by atoms with Gasteiger partial charge >= 0.3 is 0 Å². The molecule has 1 heterocycles. The summed E-state index contributed by atoms with van der Waals surface area (Å²) in [6.07, 6.45) is 1.79. The summed E-state index contributed by atoms with van der Waals surface area (Å²) in [7, 11) is 1.46. The molecule has 0 radical (unpaired) electrons. The van der Waals surface area contributed by atoms with E-state index in [0.29, 0.717) is 6.54 Å². The van der Waals surface area contributed by atoms with E-state index in [4.69, 9.17) is 4.74 Å². The Kier molecular flexibility index (Phi) is 4.74. The summed E-state index contributed by atoms with van der Waals surface area (Å²) in [5, 5.41) is 7.59. The maximum absolute atomic E-state index is 13.7. The topological polar surface area (TPSA) is 39.1 Å². The van der Waals surface area contributed by atoms with Crippen LogP contribution in [0.4, 0.5) is 4.39 Å². The molecule has 0 spiro atoms. The van der Waals surface area contributed by atoms with Crippen molar-refractivity contribution >= 4 is 0 Å². The number of aryl methyl sites for hydroxylation is 1. The van der Waals surface area contributed by atoms with E-state index in [2.05, 4.69) is 17.3 Å². The number of ether oxygens (including phenoxy) is 1. The molecule has 5 heteroatoms. The van der Waals surface area contributed by atoms with Crippen molar-refractivity contribution in [2.75, 3.05) is 7.11 Å². The molecule has 0 saturated carbocycles. The molecule has 2 aromatic rings. The van der Waals surface area contributed by atoms with Gasteiger partial charge in [0.25, 0.3) is 0 Å². The molecule has 0 saturated heterocycles. The van der Waals surface area contributed by atoms with Crippen molar-refractivity contribution in [1.29, 1.82) is 0 Å². The number of rotatable bonds is 6. The Morgan fingerprint density at radius 1 is 1.40 bits per heavy atom. The van der Waals surface area contributed by atoms with Crippen LogP contribution in [0.2, 0.25) is 0 Å². The van der Waals surface area contributed by atoms with Gasteiger partial charge in [0.15, 0.2) is 11.6 Å². The van der Waals surface area contributed by atoms with Gasteiger partial charge in [-0.05, 0) is 37.6 Å². The smallest absolute Gasteiger partial charge is 0.165 e. The first-order valence-electron chi connectivity index (χ1n) is 6.73. The number of hydrogen-bond donors (Lipinski definition) is 1. The highest BCUT2D eigenvalue weighted by atomic mass is 19.1. The zero-order chi connectivity index (χ0) is 14.5. The molecule has 0 amide bonds. The maximum atomic E-state index is 13.7. The lowest BCUT2D eigenvalue weighted by Gasteiger charge is -2.15. The summed E-state index contributed by atoms with van der Waals surface area (Å²) >= 11 is 0. The van der Waals surface area contributed by atoms with Gasteiger partial charge in [0.2, 0.25) is 0 Å². The number of methoxy groups -OCH3 is 1. The van der Waals surface area contributed by atoms with Crippen LogP contribution < -0.4 is 10.1 Å². The molecule has 1 atom stereocenters. The molecule has 0 bridgehead atoms. The van der Waals surface area contributed by atoms with E-state index in [1.165, 1.54) is 13.2 Å². The molecule has 1 unspecified atom stereocenters. The van der Waals surface area contributed by atoms with Gasteiger partial charge in [-0.25, -0.2) is 4.39 Å². The number of aromatic nitrogens is 2. The molecule has 20 heavy (non-hydrogen) atoms. The molecule has 4 nitrogen and oxygen atoms in total. The van der Waals surface area contributed by atoms with Crippen LogP contribution in [0.5, 0.6) is 5.75 Å². The second kappa shape index (κ2) is 6.52. The first kappa shape index (κ1) is 14.5. The van der Waals surface area contributed by atoms with Crippen molar-refractivity contribution < 1.29 is 9.13 Å². The second-order valence-electron chi connectivity index (χ2n) is 4.63. The summed E-state index contributed by atoms with van der Waals surface area (Å²) in [5.41, 5.74) is 2.01.